The standard InChI is InChI=1S/C11H24N2O3S/c1-3-6-13-7-4-11(5-8-13)12-17(15,16)10(2)9-14/h10-12,14H,3-9H2,1-2H3. The average molecular weight is 264 g/mol. The zero-order valence-electron chi connectivity index (χ0n) is 10.7. The minimum absolute atomic E-state index is 0.0297. The zero-order valence-corrected chi connectivity index (χ0v) is 11.5. The van der Waals surface area contributed by atoms with Gasteiger partial charge in [0.15, 0.2) is 0 Å². The SMILES string of the molecule is CCCN1CCC(NS(=O)(=O)C(C)CO)CC1. The number of rotatable bonds is 6. The Morgan fingerprint density at radius 1 is 1.41 bits per heavy atom. The number of aliphatic hydroxyl groups excluding tert-OH is 1. The summed E-state index contributed by atoms with van der Waals surface area (Å²) < 4.78 is 26.2. The number of aliphatic hydroxyl groups is 1. The molecule has 1 atom stereocenters. The molecule has 1 heterocycles. The normalized spacial score (nSPS) is 21.6. The predicted octanol–water partition coefficient (Wildman–Crippen LogP) is 0.161. The van der Waals surface area contributed by atoms with Gasteiger partial charge in [-0.25, -0.2) is 13.1 Å². The van der Waals surface area contributed by atoms with Gasteiger partial charge in [0.1, 0.15) is 0 Å². The molecule has 1 rings (SSSR count). The molecule has 0 aromatic carbocycles. The van der Waals surface area contributed by atoms with Crippen LogP contribution >= 0.6 is 0 Å². The highest BCUT2D eigenvalue weighted by Crippen LogP contribution is 2.12. The molecule has 1 fully saturated rings. The molecule has 5 nitrogen and oxygen atoms in total. The van der Waals surface area contributed by atoms with Crippen molar-refractivity contribution in [3.63, 3.8) is 0 Å². The first-order chi connectivity index (χ1) is 7.99. The van der Waals surface area contributed by atoms with Crippen LogP contribution in [-0.4, -0.2) is 56.0 Å². The van der Waals surface area contributed by atoms with Crippen LogP contribution in [0.15, 0.2) is 0 Å². The molecule has 102 valence electrons. The highest BCUT2D eigenvalue weighted by molar-refractivity contribution is 7.90. The zero-order chi connectivity index (χ0) is 12.9. The molecule has 1 aliphatic rings. The quantitative estimate of drug-likeness (QED) is 0.717. The van der Waals surface area contributed by atoms with Crippen LogP contribution in [0.1, 0.15) is 33.1 Å². The summed E-state index contributed by atoms with van der Waals surface area (Å²) in [6.07, 6.45) is 2.85. The van der Waals surface area contributed by atoms with Crippen LogP contribution in [-0.2, 0) is 10.0 Å². The van der Waals surface area contributed by atoms with Gasteiger partial charge in [-0.2, -0.15) is 0 Å². The molecule has 0 spiro atoms. The Hall–Kier alpha value is -0.170. The van der Waals surface area contributed by atoms with Crippen LogP contribution in [0.4, 0.5) is 0 Å². The van der Waals surface area contributed by atoms with Crippen LogP contribution in [0, 0.1) is 0 Å². The van der Waals surface area contributed by atoms with Crippen LogP contribution in [0.5, 0.6) is 0 Å². The molecule has 0 saturated carbocycles. The van der Waals surface area contributed by atoms with Crippen molar-refractivity contribution in [2.24, 2.45) is 0 Å². The largest absolute Gasteiger partial charge is 0.395 e. The number of hydrogen-bond donors (Lipinski definition) is 2. The summed E-state index contributed by atoms with van der Waals surface area (Å²) >= 11 is 0. The molecule has 1 unspecified atom stereocenters. The summed E-state index contributed by atoms with van der Waals surface area (Å²) in [4.78, 5) is 2.36. The van der Waals surface area contributed by atoms with E-state index in [4.69, 9.17) is 5.11 Å². The monoisotopic (exact) mass is 264 g/mol. The van der Waals surface area contributed by atoms with Crippen LogP contribution < -0.4 is 4.72 Å². The second-order valence-corrected chi connectivity index (χ2v) is 6.90. The predicted molar refractivity (Wildman–Crippen MR) is 68.4 cm³/mol. The van der Waals surface area contributed by atoms with Crippen molar-refractivity contribution in [3.8, 4) is 0 Å². The third-order valence-electron chi connectivity index (χ3n) is 3.25. The van der Waals surface area contributed by atoms with Crippen molar-refractivity contribution in [1.82, 2.24) is 9.62 Å². The van der Waals surface area contributed by atoms with E-state index in [1.54, 1.807) is 0 Å². The van der Waals surface area contributed by atoms with Crippen molar-refractivity contribution in [2.45, 2.75) is 44.4 Å². The summed E-state index contributed by atoms with van der Waals surface area (Å²) in [7, 11) is -3.36. The number of likely N-dealkylation sites (tertiary alicyclic amines) is 1. The lowest BCUT2D eigenvalue weighted by Gasteiger charge is -2.32. The van der Waals surface area contributed by atoms with Gasteiger partial charge in [-0.05, 0) is 45.8 Å². The van der Waals surface area contributed by atoms with Crippen molar-refractivity contribution < 1.29 is 13.5 Å². The van der Waals surface area contributed by atoms with E-state index in [1.807, 2.05) is 0 Å². The van der Waals surface area contributed by atoms with Crippen LogP contribution in [0.2, 0.25) is 0 Å². The molecule has 0 aromatic rings. The molecule has 0 aromatic heterocycles. The molecule has 2 N–H and O–H groups in total. The Kier molecular flexibility index (Phi) is 5.85. The smallest absolute Gasteiger partial charge is 0.216 e. The number of sulfonamides is 1. The fraction of sp³-hybridized carbons (Fsp3) is 1.00. The Morgan fingerprint density at radius 2 is 2.00 bits per heavy atom. The third-order valence-corrected chi connectivity index (χ3v) is 5.12. The molecule has 0 aliphatic carbocycles. The first-order valence-electron chi connectivity index (χ1n) is 6.34. The Bertz CT molecular complexity index is 311. The summed E-state index contributed by atoms with van der Waals surface area (Å²) in [5.41, 5.74) is 0. The molecular weight excluding hydrogens is 240 g/mol. The summed E-state index contributed by atoms with van der Waals surface area (Å²) in [6, 6.07) is 0.0297. The maximum Gasteiger partial charge on any atom is 0.216 e. The molecule has 17 heavy (non-hydrogen) atoms. The first-order valence-corrected chi connectivity index (χ1v) is 7.88. The summed E-state index contributed by atoms with van der Waals surface area (Å²) in [5, 5.41) is 8.16. The molecule has 0 radical (unpaired) electrons. The molecule has 0 amide bonds. The van der Waals surface area contributed by atoms with Gasteiger partial charge in [0.2, 0.25) is 10.0 Å². The van der Waals surface area contributed by atoms with Crippen LogP contribution in [0.25, 0.3) is 0 Å². The maximum absolute atomic E-state index is 11.8. The van der Waals surface area contributed by atoms with Crippen molar-refractivity contribution in [1.29, 1.82) is 0 Å². The van der Waals surface area contributed by atoms with E-state index in [0.717, 1.165) is 38.9 Å². The van der Waals surface area contributed by atoms with E-state index in [-0.39, 0.29) is 12.6 Å². The van der Waals surface area contributed by atoms with E-state index < -0.39 is 15.3 Å². The van der Waals surface area contributed by atoms with Gasteiger partial charge in [0, 0.05) is 6.04 Å². The van der Waals surface area contributed by atoms with Gasteiger partial charge < -0.3 is 10.0 Å². The minimum atomic E-state index is -3.36. The van der Waals surface area contributed by atoms with Gasteiger partial charge in [-0.1, -0.05) is 6.92 Å². The molecular formula is C11H24N2O3S. The van der Waals surface area contributed by atoms with Crippen molar-refractivity contribution in [3.05, 3.63) is 0 Å². The number of nitrogens with zero attached hydrogens (tertiary/aromatic N) is 1. The summed E-state index contributed by atoms with van der Waals surface area (Å²) in [6.45, 7) is 6.34. The maximum atomic E-state index is 11.8. The second kappa shape index (κ2) is 6.68. The average Bonchev–Trinajstić information content (AvgIpc) is 2.30. The van der Waals surface area contributed by atoms with Crippen LogP contribution in [0.3, 0.4) is 0 Å². The van der Waals surface area contributed by atoms with Crippen molar-refractivity contribution >= 4 is 10.0 Å². The lowest BCUT2D eigenvalue weighted by molar-refractivity contribution is 0.207. The number of nitrogens with one attached hydrogen (secondary N) is 1. The second-order valence-electron chi connectivity index (χ2n) is 4.77. The van der Waals surface area contributed by atoms with Crippen molar-refractivity contribution in [2.75, 3.05) is 26.2 Å². The van der Waals surface area contributed by atoms with E-state index >= 15 is 0 Å². The van der Waals surface area contributed by atoms with E-state index in [0.29, 0.717) is 0 Å². The molecule has 6 heteroatoms. The minimum Gasteiger partial charge on any atom is -0.395 e. The van der Waals surface area contributed by atoms with Gasteiger partial charge >= 0.3 is 0 Å². The summed E-state index contributed by atoms with van der Waals surface area (Å²) in [5.74, 6) is 0. The Morgan fingerprint density at radius 3 is 2.47 bits per heavy atom. The third kappa shape index (κ3) is 4.54. The van der Waals surface area contributed by atoms with E-state index in [1.165, 1.54) is 6.92 Å². The van der Waals surface area contributed by atoms with Gasteiger partial charge in [0.25, 0.3) is 0 Å². The number of piperidine rings is 1. The highest BCUT2D eigenvalue weighted by atomic mass is 32.2. The Labute approximate surface area is 104 Å². The van der Waals surface area contributed by atoms with E-state index in [2.05, 4.69) is 16.5 Å². The molecule has 1 aliphatic heterocycles. The fourth-order valence-electron chi connectivity index (χ4n) is 2.04. The Balaban J connectivity index is 2.40. The van der Waals surface area contributed by atoms with Gasteiger partial charge in [-0.3, -0.25) is 0 Å². The van der Waals surface area contributed by atoms with E-state index in [9.17, 15) is 8.42 Å². The lowest BCUT2D eigenvalue weighted by atomic mass is 10.1. The first kappa shape index (κ1) is 14.9. The highest BCUT2D eigenvalue weighted by Gasteiger charge is 2.26. The number of hydrogen-bond acceptors (Lipinski definition) is 4. The molecule has 0 bridgehead atoms. The molecule has 1 saturated heterocycles. The fourth-order valence-corrected chi connectivity index (χ4v) is 3.17. The van der Waals surface area contributed by atoms with Gasteiger partial charge in [-0.15, -0.1) is 0 Å². The van der Waals surface area contributed by atoms with Gasteiger partial charge in [0.05, 0.1) is 11.9 Å². The lowest BCUT2D eigenvalue weighted by Crippen LogP contribution is -2.47. The topological polar surface area (TPSA) is 69.6 Å².